The van der Waals surface area contributed by atoms with Gasteiger partial charge in [-0.15, -0.1) is 0 Å². The maximum Gasteiger partial charge on any atom is 0.261 e. The molecule has 1 rings (SSSR count). The molecule has 106 valence electrons. The third kappa shape index (κ3) is 5.16. The number of halogens is 2. The van der Waals surface area contributed by atoms with Crippen molar-refractivity contribution < 1.29 is 17.6 Å². The standard InChI is InChI=1S/C12H15ClFNO3S/c1-2-3-4-5-12(16)15-11-7-6-9(8-10(11)14)19(13,17)18/h6-8H,2-5H2,1H3,(H,15,16). The fourth-order valence-corrected chi connectivity index (χ4v) is 2.26. The van der Waals surface area contributed by atoms with Gasteiger partial charge in [0.05, 0.1) is 10.6 Å². The number of unbranched alkanes of at least 4 members (excludes halogenated alkanes) is 2. The van der Waals surface area contributed by atoms with Crippen molar-refractivity contribution in [1.29, 1.82) is 0 Å². The predicted molar refractivity (Wildman–Crippen MR) is 72.2 cm³/mol. The Morgan fingerprint density at radius 1 is 1.37 bits per heavy atom. The summed E-state index contributed by atoms with van der Waals surface area (Å²) in [4.78, 5) is 11.2. The molecule has 0 heterocycles. The van der Waals surface area contributed by atoms with Gasteiger partial charge in [0.2, 0.25) is 5.91 Å². The quantitative estimate of drug-likeness (QED) is 0.648. The molecule has 1 amide bonds. The van der Waals surface area contributed by atoms with Crippen LogP contribution in [-0.4, -0.2) is 14.3 Å². The minimum Gasteiger partial charge on any atom is -0.324 e. The molecule has 0 spiro atoms. The van der Waals surface area contributed by atoms with Gasteiger partial charge in [-0.05, 0) is 24.6 Å². The molecule has 1 N–H and O–H groups in total. The SMILES string of the molecule is CCCCCC(=O)Nc1ccc(S(=O)(=O)Cl)cc1F. The summed E-state index contributed by atoms with van der Waals surface area (Å²) in [5.41, 5.74) is -0.0504. The highest BCUT2D eigenvalue weighted by Gasteiger charge is 2.14. The first-order valence-electron chi connectivity index (χ1n) is 5.88. The molecular formula is C12H15ClFNO3S. The van der Waals surface area contributed by atoms with Crippen molar-refractivity contribution in [1.82, 2.24) is 0 Å². The smallest absolute Gasteiger partial charge is 0.261 e. The summed E-state index contributed by atoms with van der Waals surface area (Å²) in [5.74, 6) is -1.13. The van der Waals surface area contributed by atoms with E-state index in [-0.39, 0.29) is 16.5 Å². The van der Waals surface area contributed by atoms with Crippen LogP contribution in [0.3, 0.4) is 0 Å². The Morgan fingerprint density at radius 3 is 2.58 bits per heavy atom. The number of anilines is 1. The molecule has 0 aromatic heterocycles. The van der Waals surface area contributed by atoms with Gasteiger partial charge in [-0.1, -0.05) is 19.8 Å². The third-order valence-electron chi connectivity index (χ3n) is 2.50. The molecule has 0 saturated heterocycles. The first-order valence-corrected chi connectivity index (χ1v) is 8.19. The molecule has 19 heavy (non-hydrogen) atoms. The summed E-state index contributed by atoms with van der Waals surface area (Å²) in [5, 5.41) is 2.40. The van der Waals surface area contributed by atoms with Crippen molar-refractivity contribution in [2.24, 2.45) is 0 Å². The molecular weight excluding hydrogens is 293 g/mol. The molecule has 0 saturated carbocycles. The lowest BCUT2D eigenvalue weighted by atomic mass is 10.2. The van der Waals surface area contributed by atoms with E-state index in [0.29, 0.717) is 6.42 Å². The normalized spacial score (nSPS) is 11.3. The number of carbonyl (C=O) groups excluding carboxylic acids is 1. The summed E-state index contributed by atoms with van der Waals surface area (Å²) >= 11 is 0. The highest BCUT2D eigenvalue weighted by atomic mass is 35.7. The average molecular weight is 308 g/mol. The van der Waals surface area contributed by atoms with E-state index in [0.717, 1.165) is 31.4 Å². The van der Waals surface area contributed by atoms with Gasteiger partial charge in [-0.25, -0.2) is 12.8 Å². The van der Waals surface area contributed by atoms with E-state index in [4.69, 9.17) is 10.7 Å². The molecule has 4 nitrogen and oxygen atoms in total. The van der Waals surface area contributed by atoms with Crippen LogP contribution in [0.25, 0.3) is 0 Å². The molecule has 0 aliphatic heterocycles. The molecule has 0 radical (unpaired) electrons. The van der Waals surface area contributed by atoms with Crippen molar-refractivity contribution in [2.75, 3.05) is 5.32 Å². The highest BCUT2D eigenvalue weighted by molar-refractivity contribution is 8.13. The zero-order valence-corrected chi connectivity index (χ0v) is 12.0. The van der Waals surface area contributed by atoms with Crippen LogP contribution >= 0.6 is 10.7 Å². The zero-order chi connectivity index (χ0) is 14.5. The first-order chi connectivity index (χ1) is 8.84. The minimum absolute atomic E-state index is 0.0504. The fourth-order valence-electron chi connectivity index (χ4n) is 1.50. The van der Waals surface area contributed by atoms with Crippen molar-refractivity contribution in [3.63, 3.8) is 0 Å². The number of hydrogen-bond acceptors (Lipinski definition) is 3. The van der Waals surface area contributed by atoms with Crippen LogP contribution in [0.2, 0.25) is 0 Å². The monoisotopic (exact) mass is 307 g/mol. The second kappa shape index (κ2) is 6.86. The van der Waals surface area contributed by atoms with E-state index < -0.39 is 14.9 Å². The summed E-state index contributed by atoms with van der Waals surface area (Å²) in [6, 6.07) is 3.11. The average Bonchev–Trinajstić information content (AvgIpc) is 2.31. The highest BCUT2D eigenvalue weighted by Crippen LogP contribution is 2.21. The molecule has 0 atom stereocenters. The predicted octanol–water partition coefficient (Wildman–Crippen LogP) is 3.27. The van der Waals surface area contributed by atoms with Crippen LogP contribution in [0.1, 0.15) is 32.6 Å². The molecule has 0 fully saturated rings. The van der Waals surface area contributed by atoms with E-state index in [1.54, 1.807) is 0 Å². The Morgan fingerprint density at radius 2 is 2.05 bits per heavy atom. The van der Waals surface area contributed by atoms with E-state index in [1.807, 2.05) is 6.92 Å². The van der Waals surface area contributed by atoms with Gasteiger partial charge in [-0.2, -0.15) is 0 Å². The Kier molecular flexibility index (Phi) is 5.75. The van der Waals surface area contributed by atoms with Crippen LogP contribution in [-0.2, 0) is 13.8 Å². The summed E-state index contributed by atoms with van der Waals surface area (Å²) in [6.07, 6.45) is 2.96. The summed E-state index contributed by atoms with van der Waals surface area (Å²) in [6.45, 7) is 2.02. The van der Waals surface area contributed by atoms with Gasteiger partial charge >= 0.3 is 0 Å². The number of amides is 1. The molecule has 0 aliphatic carbocycles. The lowest BCUT2D eigenvalue weighted by Gasteiger charge is -2.07. The topological polar surface area (TPSA) is 63.2 Å². The van der Waals surface area contributed by atoms with Gasteiger partial charge in [0.1, 0.15) is 5.82 Å². The van der Waals surface area contributed by atoms with Gasteiger partial charge in [0, 0.05) is 17.1 Å². The fraction of sp³-hybridized carbons (Fsp3) is 0.417. The number of carbonyl (C=O) groups is 1. The first kappa shape index (κ1) is 15.9. The lowest BCUT2D eigenvalue weighted by Crippen LogP contribution is -2.12. The number of hydrogen-bond donors (Lipinski definition) is 1. The minimum atomic E-state index is -3.97. The largest absolute Gasteiger partial charge is 0.324 e. The van der Waals surface area contributed by atoms with Crippen molar-refractivity contribution >= 4 is 31.3 Å². The van der Waals surface area contributed by atoms with E-state index in [9.17, 15) is 17.6 Å². The Labute approximate surface area is 116 Å². The van der Waals surface area contributed by atoms with Gasteiger partial charge in [0.25, 0.3) is 9.05 Å². The second-order valence-electron chi connectivity index (χ2n) is 4.08. The summed E-state index contributed by atoms with van der Waals surface area (Å²) < 4.78 is 35.6. The maximum atomic E-state index is 13.6. The third-order valence-corrected chi connectivity index (χ3v) is 3.86. The van der Waals surface area contributed by atoms with E-state index >= 15 is 0 Å². The molecule has 0 bridgehead atoms. The van der Waals surface area contributed by atoms with Crippen molar-refractivity contribution in [2.45, 2.75) is 37.5 Å². The summed E-state index contributed by atoms with van der Waals surface area (Å²) in [7, 11) is 1.12. The Balaban J connectivity index is 2.73. The number of nitrogens with one attached hydrogen (secondary N) is 1. The Bertz CT molecular complexity index is 560. The van der Waals surface area contributed by atoms with Gasteiger partial charge in [-0.3, -0.25) is 4.79 Å². The zero-order valence-electron chi connectivity index (χ0n) is 10.4. The molecule has 1 aromatic rings. The maximum absolute atomic E-state index is 13.6. The molecule has 0 unspecified atom stereocenters. The van der Waals surface area contributed by atoms with Gasteiger partial charge in [0.15, 0.2) is 0 Å². The molecule has 0 aliphatic rings. The van der Waals surface area contributed by atoms with E-state index in [2.05, 4.69) is 5.32 Å². The number of rotatable bonds is 6. The van der Waals surface area contributed by atoms with Crippen molar-refractivity contribution in [3.8, 4) is 0 Å². The van der Waals surface area contributed by atoms with Crippen LogP contribution in [0.4, 0.5) is 10.1 Å². The van der Waals surface area contributed by atoms with Crippen LogP contribution in [0.5, 0.6) is 0 Å². The van der Waals surface area contributed by atoms with Gasteiger partial charge < -0.3 is 5.32 Å². The Hall–Kier alpha value is -1.14. The lowest BCUT2D eigenvalue weighted by molar-refractivity contribution is -0.116. The van der Waals surface area contributed by atoms with Crippen LogP contribution in [0, 0.1) is 5.82 Å². The van der Waals surface area contributed by atoms with Crippen LogP contribution < -0.4 is 5.32 Å². The molecule has 1 aromatic carbocycles. The second-order valence-corrected chi connectivity index (χ2v) is 6.65. The number of benzene rings is 1. The molecule has 7 heteroatoms. The van der Waals surface area contributed by atoms with Crippen molar-refractivity contribution in [3.05, 3.63) is 24.0 Å². The van der Waals surface area contributed by atoms with Crippen LogP contribution in [0.15, 0.2) is 23.1 Å². The van der Waals surface area contributed by atoms with E-state index in [1.165, 1.54) is 6.07 Å².